The Bertz CT molecular complexity index is 1020. The minimum absolute atomic E-state index is 0.0738. The van der Waals surface area contributed by atoms with Gasteiger partial charge in [-0.2, -0.15) is 0 Å². The fourth-order valence-corrected chi connectivity index (χ4v) is 5.39. The van der Waals surface area contributed by atoms with E-state index in [2.05, 4.69) is 50.9 Å². The molecule has 2 aromatic carbocycles. The molecule has 2 atom stereocenters. The highest BCUT2D eigenvalue weighted by molar-refractivity contribution is 8.14. The zero-order chi connectivity index (χ0) is 27.5. The third kappa shape index (κ3) is 9.05. The smallest absolute Gasteiger partial charge is 0.324 e. The number of nitrogens with zero attached hydrogens (tertiary/aromatic N) is 2. The number of nitrogens with two attached hydrogens (primary N) is 1. The van der Waals surface area contributed by atoms with Crippen LogP contribution < -0.4 is 5.73 Å². The molecular formula is C28H38ClN3O5S. The first-order valence-corrected chi connectivity index (χ1v) is 13.9. The minimum Gasteiger partial charge on any atom is -0.468 e. The molecule has 8 nitrogen and oxygen atoms in total. The maximum Gasteiger partial charge on any atom is 0.324 e. The fourth-order valence-electron chi connectivity index (χ4n) is 4.31. The number of carbonyl (C=O) groups excluding carboxylic acids is 2. The van der Waals surface area contributed by atoms with Crippen molar-refractivity contribution >= 4 is 34.4 Å². The summed E-state index contributed by atoms with van der Waals surface area (Å²) in [6.07, 6.45) is 0. The molecule has 1 aliphatic rings. The summed E-state index contributed by atoms with van der Waals surface area (Å²) in [5.41, 5.74) is 8.38. The Balaban J connectivity index is 1.37. The van der Waals surface area contributed by atoms with Gasteiger partial charge in [0.25, 0.3) is 0 Å². The summed E-state index contributed by atoms with van der Waals surface area (Å²) in [6, 6.07) is 17.9. The van der Waals surface area contributed by atoms with Crippen molar-refractivity contribution in [2.24, 2.45) is 5.73 Å². The highest BCUT2D eigenvalue weighted by atomic mass is 35.5. The second-order valence-electron chi connectivity index (χ2n) is 9.69. The molecule has 3 rings (SSSR count). The SMILES string of the molecule is COC(=O)C(N)C(C)(C)SC(=O)COCCOCN1CCN(C(c2ccccc2)c2ccc(Cl)cc2)CC1. The molecule has 2 N–H and O–H groups in total. The van der Waals surface area contributed by atoms with Gasteiger partial charge in [0.2, 0.25) is 5.12 Å². The van der Waals surface area contributed by atoms with Gasteiger partial charge in [0.15, 0.2) is 0 Å². The topological polar surface area (TPSA) is 94.3 Å². The van der Waals surface area contributed by atoms with Gasteiger partial charge in [-0.25, -0.2) is 0 Å². The van der Waals surface area contributed by atoms with E-state index in [-0.39, 0.29) is 17.8 Å². The molecule has 1 heterocycles. The van der Waals surface area contributed by atoms with Gasteiger partial charge in [-0.05, 0) is 37.1 Å². The van der Waals surface area contributed by atoms with Crippen LogP contribution in [-0.4, -0.2) is 91.5 Å². The van der Waals surface area contributed by atoms with E-state index in [4.69, 9.17) is 26.8 Å². The number of esters is 1. The molecule has 1 saturated heterocycles. The van der Waals surface area contributed by atoms with E-state index >= 15 is 0 Å². The Hall–Kier alpha value is -1.98. The predicted molar refractivity (Wildman–Crippen MR) is 151 cm³/mol. The summed E-state index contributed by atoms with van der Waals surface area (Å²) in [5.74, 6) is -0.550. The first kappa shape index (κ1) is 30.6. The van der Waals surface area contributed by atoms with Gasteiger partial charge in [-0.1, -0.05) is 65.8 Å². The van der Waals surface area contributed by atoms with Crippen LogP contribution in [0.15, 0.2) is 54.6 Å². The fraction of sp³-hybridized carbons (Fsp3) is 0.500. The van der Waals surface area contributed by atoms with Crippen LogP contribution in [0.5, 0.6) is 0 Å². The normalized spacial score (nSPS) is 16.7. The van der Waals surface area contributed by atoms with Crippen LogP contribution in [0.2, 0.25) is 5.02 Å². The highest BCUT2D eigenvalue weighted by Gasteiger charge is 2.35. The van der Waals surface area contributed by atoms with Crippen LogP contribution in [0.3, 0.4) is 0 Å². The summed E-state index contributed by atoms with van der Waals surface area (Å²) in [4.78, 5) is 28.7. The third-order valence-corrected chi connectivity index (χ3v) is 7.90. The number of benzene rings is 2. The van der Waals surface area contributed by atoms with E-state index in [1.165, 1.54) is 18.2 Å². The predicted octanol–water partition coefficient (Wildman–Crippen LogP) is 3.58. The van der Waals surface area contributed by atoms with Crippen molar-refractivity contribution in [2.75, 3.05) is 59.8 Å². The zero-order valence-electron chi connectivity index (χ0n) is 22.3. The first-order chi connectivity index (χ1) is 18.2. The van der Waals surface area contributed by atoms with Crippen molar-refractivity contribution in [3.05, 3.63) is 70.7 Å². The summed E-state index contributed by atoms with van der Waals surface area (Å²) in [5, 5.41) is 0.542. The summed E-state index contributed by atoms with van der Waals surface area (Å²) >= 11 is 7.12. The maximum atomic E-state index is 12.2. The van der Waals surface area contributed by atoms with E-state index in [1.807, 2.05) is 18.2 Å². The Labute approximate surface area is 234 Å². The van der Waals surface area contributed by atoms with Crippen LogP contribution in [0.1, 0.15) is 31.0 Å². The van der Waals surface area contributed by atoms with E-state index in [9.17, 15) is 9.59 Å². The molecule has 208 valence electrons. The lowest BCUT2D eigenvalue weighted by Crippen LogP contribution is -2.48. The van der Waals surface area contributed by atoms with Crippen LogP contribution >= 0.6 is 23.4 Å². The van der Waals surface area contributed by atoms with Crippen molar-refractivity contribution in [2.45, 2.75) is 30.7 Å². The molecule has 0 bridgehead atoms. The van der Waals surface area contributed by atoms with Gasteiger partial charge >= 0.3 is 5.97 Å². The van der Waals surface area contributed by atoms with Crippen molar-refractivity contribution in [1.29, 1.82) is 0 Å². The second kappa shape index (κ2) is 15.0. The average Bonchev–Trinajstić information content (AvgIpc) is 2.92. The van der Waals surface area contributed by atoms with Crippen LogP contribution in [-0.2, 0) is 23.8 Å². The number of halogens is 1. The molecule has 1 fully saturated rings. The van der Waals surface area contributed by atoms with Crippen molar-refractivity contribution in [3.8, 4) is 0 Å². The molecular weight excluding hydrogens is 526 g/mol. The van der Waals surface area contributed by atoms with E-state index in [0.717, 1.165) is 43.0 Å². The number of carbonyl (C=O) groups is 2. The zero-order valence-corrected chi connectivity index (χ0v) is 23.9. The lowest BCUT2D eigenvalue weighted by atomic mass is 9.96. The molecule has 2 aromatic rings. The quantitative estimate of drug-likeness (QED) is 0.290. The Kier molecular flexibility index (Phi) is 12.0. The Morgan fingerprint density at radius 2 is 1.58 bits per heavy atom. The molecule has 2 unspecified atom stereocenters. The van der Waals surface area contributed by atoms with E-state index in [1.54, 1.807) is 13.8 Å². The molecule has 0 amide bonds. The monoisotopic (exact) mass is 563 g/mol. The largest absolute Gasteiger partial charge is 0.468 e. The number of rotatable bonds is 13. The number of hydrogen-bond donors (Lipinski definition) is 1. The van der Waals surface area contributed by atoms with Gasteiger partial charge in [0.1, 0.15) is 12.6 Å². The van der Waals surface area contributed by atoms with Crippen LogP contribution in [0.25, 0.3) is 0 Å². The number of piperazine rings is 1. The lowest BCUT2D eigenvalue weighted by Gasteiger charge is -2.39. The molecule has 38 heavy (non-hydrogen) atoms. The van der Waals surface area contributed by atoms with Crippen molar-refractivity contribution < 1.29 is 23.8 Å². The van der Waals surface area contributed by atoms with Crippen molar-refractivity contribution in [3.63, 3.8) is 0 Å². The van der Waals surface area contributed by atoms with Gasteiger partial charge < -0.3 is 19.9 Å². The lowest BCUT2D eigenvalue weighted by molar-refractivity contribution is -0.142. The minimum atomic E-state index is -0.903. The molecule has 0 aliphatic carbocycles. The van der Waals surface area contributed by atoms with Gasteiger partial charge in [0.05, 0.1) is 33.1 Å². The molecule has 1 aliphatic heterocycles. The maximum absolute atomic E-state index is 12.2. The average molecular weight is 564 g/mol. The van der Waals surface area contributed by atoms with Crippen LogP contribution in [0.4, 0.5) is 0 Å². The second-order valence-corrected chi connectivity index (χ2v) is 11.8. The number of ether oxygens (including phenoxy) is 3. The summed E-state index contributed by atoms with van der Waals surface area (Å²) in [7, 11) is 1.27. The molecule has 0 radical (unpaired) electrons. The van der Waals surface area contributed by atoms with Gasteiger partial charge in [-0.3, -0.25) is 19.4 Å². The highest BCUT2D eigenvalue weighted by Crippen LogP contribution is 2.31. The number of methoxy groups -OCH3 is 1. The first-order valence-electron chi connectivity index (χ1n) is 12.7. The van der Waals surface area contributed by atoms with Gasteiger partial charge in [-0.15, -0.1) is 0 Å². The number of hydrogen-bond acceptors (Lipinski definition) is 9. The van der Waals surface area contributed by atoms with Gasteiger partial charge in [0, 0.05) is 35.9 Å². The van der Waals surface area contributed by atoms with E-state index in [0.29, 0.717) is 19.9 Å². The van der Waals surface area contributed by atoms with Crippen molar-refractivity contribution in [1.82, 2.24) is 9.80 Å². The van der Waals surface area contributed by atoms with E-state index < -0.39 is 16.8 Å². The Morgan fingerprint density at radius 3 is 2.21 bits per heavy atom. The standard InChI is InChI=1S/C28H38ClN3O5S/c1-28(2,26(30)27(34)35-3)38-24(33)19-36-17-18-37-20-31-13-15-32(16-14-31)25(21-7-5-4-6-8-21)22-9-11-23(29)12-10-22/h4-12,25-26H,13-20,30H2,1-3H3. The number of thioether (sulfide) groups is 1. The molecule has 0 aromatic heterocycles. The van der Waals surface area contributed by atoms with Crippen LogP contribution in [0, 0.1) is 0 Å². The molecule has 0 spiro atoms. The summed E-state index contributed by atoms with van der Waals surface area (Å²) in [6.45, 7) is 8.21. The third-order valence-electron chi connectivity index (χ3n) is 6.52. The molecule has 0 saturated carbocycles. The summed E-state index contributed by atoms with van der Waals surface area (Å²) < 4.78 is 15.1. The Morgan fingerprint density at radius 1 is 0.974 bits per heavy atom. The molecule has 10 heteroatoms.